The van der Waals surface area contributed by atoms with Gasteiger partial charge in [0.05, 0.1) is 28.4 Å². The van der Waals surface area contributed by atoms with E-state index in [1.165, 1.54) is 13.2 Å². The summed E-state index contributed by atoms with van der Waals surface area (Å²) in [6.45, 7) is 0. The smallest absolute Gasteiger partial charge is 0.343 e. The highest BCUT2D eigenvalue weighted by atomic mass is 35.5. The first kappa shape index (κ1) is 22.9. The number of esters is 1. The van der Waals surface area contributed by atoms with E-state index in [0.717, 1.165) is 0 Å². The zero-order valence-electron chi connectivity index (χ0n) is 16.8. The van der Waals surface area contributed by atoms with E-state index < -0.39 is 11.9 Å². The zero-order chi connectivity index (χ0) is 23.1. The molecule has 0 atom stereocenters. The molecule has 0 spiro atoms. The molecule has 0 radical (unpaired) electrons. The second kappa shape index (κ2) is 10.5. The lowest BCUT2D eigenvalue weighted by Gasteiger charge is -2.08. The monoisotopic (exact) mass is 466 g/mol. The molecule has 0 saturated carbocycles. The minimum atomic E-state index is -0.633. The van der Waals surface area contributed by atoms with E-state index in [1.807, 2.05) is 6.07 Å². The van der Waals surface area contributed by atoms with E-state index in [1.54, 1.807) is 66.7 Å². The number of methoxy groups -OCH3 is 1. The number of amides is 1. The molecule has 0 unspecified atom stereocenters. The Labute approximate surface area is 194 Å². The van der Waals surface area contributed by atoms with Gasteiger partial charge in [0, 0.05) is 0 Å². The quantitative estimate of drug-likeness (QED) is 0.215. The van der Waals surface area contributed by atoms with Crippen molar-refractivity contribution in [3.05, 3.63) is 93.5 Å². The third-order valence-electron chi connectivity index (χ3n) is 4.29. The summed E-state index contributed by atoms with van der Waals surface area (Å²) in [7, 11) is 1.54. The average molecular weight is 467 g/mol. The van der Waals surface area contributed by atoms with E-state index >= 15 is 0 Å². The van der Waals surface area contributed by atoms with Crippen molar-refractivity contribution in [3.63, 3.8) is 0 Å². The third-order valence-corrected chi connectivity index (χ3v) is 5.11. The van der Waals surface area contributed by atoms with Crippen LogP contribution in [0, 0.1) is 11.3 Å². The van der Waals surface area contributed by atoms with Gasteiger partial charge in [0.2, 0.25) is 0 Å². The summed E-state index contributed by atoms with van der Waals surface area (Å²) in [5.74, 6) is -0.206. The molecule has 0 bridgehead atoms. The van der Waals surface area contributed by atoms with Gasteiger partial charge in [-0.05, 0) is 60.2 Å². The maximum atomic E-state index is 12.4. The molecular weight excluding hydrogens is 451 g/mol. The van der Waals surface area contributed by atoms with Crippen LogP contribution in [0.3, 0.4) is 0 Å². The highest BCUT2D eigenvalue weighted by Gasteiger charge is 2.13. The van der Waals surface area contributed by atoms with Crippen LogP contribution in [0.5, 0.6) is 11.5 Å². The van der Waals surface area contributed by atoms with Crippen LogP contribution in [0.15, 0.2) is 72.3 Å². The molecule has 0 aliphatic heterocycles. The minimum Gasteiger partial charge on any atom is -0.497 e. The van der Waals surface area contributed by atoms with Crippen LogP contribution in [0.1, 0.15) is 15.9 Å². The molecule has 3 aromatic carbocycles. The molecule has 8 heteroatoms. The molecule has 32 heavy (non-hydrogen) atoms. The van der Waals surface area contributed by atoms with Gasteiger partial charge in [-0.2, -0.15) is 5.26 Å². The van der Waals surface area contributed by atoms with Crippen molar-refractivity contribution in [2.45, 2.75) is 0 Å². The van der Waals surface area contributed by atoms with E-state index in [0.29, 0.717) is 28.3 Å². The standard InChI is InChI=1S/C24H16Cl2N2O4/c1-31-18-11-7-16(8-12-18)24(30)32-19-9-5-15(6-10-19)13-17(14-27)23(29)28-21-4-2-3-20(25)22(21)26/h2-13H,1H3,(H,28,29)/b17-13+. The topological polar surface area (TPSA) is 88.4 Å². The zero-order valence-corrected chi connectivity index (χ0v) is 18.3. The summed E-state index contributed by atoms with van der Waals surface area (Å²) in [6, 6.07) is 19.5. The van der Waals surface area contributed by atoms with Crippen molar-refractivity contribution in [1.29, 1.82) is 5.26 Å². The van der Waals surface area contributed by atoms with Gasteiger partial charge in [-0.1, -0.05) is 41.4 Å². The predicted octanol–water partition coefficient (Wildman–Crippen LogP) is 5.77. The number of ether oxygens (including phenoxy) is 2. The van der Waals surface area contributed by atoms with Crippen molar-refractivity contribution in [2.24, 2.45) is 0 Å². The predicted molar refractivity (Wildman–Crippen MR) is 123 cm³/mol. The van der Waals surface area contributed by atoms with Crippen molar-refractivity contribution < 1.29 is 19.1 Å². The van der Waals surface area contributed by atoms with Crippen LogP contribution in [0.4, 0.5) is 5.69 Å². The maximum Gasteiger partial charge on any atom is 0.343 e. The molecule has 0 aliphatic carbocycles. The van der Waals surface area contributed by atoms with Gasteiger partial charge in [0.15, 0.2) is 0 Å². The van der Waals surface area contributed by atoms with Crippen molar-refractivity contribution in [1.82, 2.24) is 0 Å². The Kier molecular flexibility index (Phi) is 7.50. The molecule has 0 aromatic heterocycles. The van der Waals surface area contributed by atoms with Gasteiger partial charge in [0.25, 0.3) is 5.91 Å². The molecule has 1 N–H and O–H groups in total. The summed E-state index contributed by atoms with van der Waals surface area (Å²) in [4.78, 5) is 24.7. The number of anilines is 1. The summed E-state index contributed by atoms with van der Waals surface area (Å²) in [5, 5.41) is 12.4. The van der Waals surface area contributed by atoms with Crippen molar-refractivity contribution in [3.8, 4) is 17.6 Å². The molecule has 0 aliphatic rings. The van der Waals surface area contributed by atoms with Crippen molar-refractivity contribution >= 4 is 46.8 Å². The van der Waals surface area contributed by atoms with Gasteiger partial charge >= 0.3 is 5.97 Å². The van der Waals surface area contributed by atoms with Gasteiger partial charge in [-0.25, -0.2) is 4.79 Å². The number of carbonyl (C=O) groups is 2. The number of hydrogen-bond donors (Lipinski definition) is 1. The Hall–Kier alpha value is -3.79. The molecule has 0 saturated heterocycles. The van der Waals surface area contributed by atoms with Crippen LogP contribution in [0.2, 0.25) is 10.0 Å². The van der Waals surface area contributed by atoms with Crippen LogP contribution in [-0.4, -0.2) is 19.0 Å². The highest BCUT2D eigenvalue weighted by molar-refractivity contribution is 6.44. The van der Waals surface area contributed by atoms with Crippen LogP contribution in [0.25, 0.3) is 6.08 Å². The number of nitrogens with zero attached hydrogens (tertiary/aromatic N) is 1. The second-order valence-corrected chi connectivity index (χ2v) is 7.20. The number of hydrogen-bond acceptors (Lipinski definition) is 5. The first-order valence-corrected chi connectivity index (χ1v) is 10.0. The first-order chi connectivity index (χ1) is 15.4. The Morgan fingerprint density at radius 2 is 1.62 bits per heavy atom. The fraction of sp³-hybridized carbons (Fsp3) is 0.0417. The lowest BCUT2D eigenvalue weighted by atomic mass is 10.1. The number of halogens is 2. The number of benzene rings is 3. The number of carbonyl (C=O) groups excluding carboxylic acids is 2. The number of nitriles is 1. The van der Waals surface area contributed by atoms with Gasteiger partial charge < -0.3 is 14.8 Å². The fourth-order valence-corrected chi connectivity index (χ4v) is 2.98. The van der Waals surface area contributed by atoms with Crippen LogP contribution >= 0.6 is 23.2 Å². The Morgan fingerprint density at radius 3 is 2.25 bits per heavy atom. The molecule has 1 amide bonds. The molecule has 0 fully saturated rings. The summed E-state index contributed by atoms with van der Waals surface area (Å²) in [5.41, 5.74) is 1.10. The lowest BCUT2D eigenvalue weighted by Crippen LogP contribution is -2.13. The fourth-order valence-electron chi connectivity index (χ4n) is 2.63. The van der Waals surface area contributed by atoms with E-state index in [9.17, 15) is 14.9 Å². The molecule has 160 valence electrons. The summed E-state index contributed by atoms with van der Waals surface area (Å²) < 4.78 is 10.4. The highest BCUT2D eigenvalue weighted by Crippen LogP contribution is 2.30. The minimum absolute atomic E-state index is 0.135. The first-order valence-electron chi connectivity index (χ1n) is 9.24. The molecular formula is C24H16Cl2N2O4. The Balaban J connectivity index is 1.69. The van der Waals surface area contributed by atoms with E-state index in [4.69, 9.17) is 32.7 Å². The molecule has 3 rings (SSSR count). The lowest BCUT2D eigenvalue weighted by molar-refractivity contribution is -0.112. The van der Waals surface area contributed by atoms with E-state index in [2.05, 4.69) is 5.32 Å². The van der Waals surface area contributed by atoms with E-state index in [-0.39, 0.29) is 15.6 Å². The van der Waals surface area contributed by atoms with Gasteiger partial charge in [0.1, 0.15) is 23.1 Å². The van der Waals surface area contributed by atoms with Crippen LogP contribution < -0.4 is 14.8 Å². The molecule has 0 heterocycles. The van der Waals surface area contributed by atoms with Crippen LogP contribution in [-0.2, 0) is 4.79 Å². The average Bonchev–Trinajstić information content (AvgIpc) is 2.81. The Morgan fingerprint density at radius 1 is 0.969 bits per heavy atom. The number of rotatable bonds is 6. The third kappa shape index (κ3) is 5.67. The SMILES string of the molecule is COc1ccc(C(=O)Oc2ccc(/C=C(\C#N)C(=O)Nc3cccc(Cl)c3Cl)cc2)cc1. The number of nitrogens with one attached hydrogen (secondary N) is 1. The normalized spacial score (nSPS) is 10.8. The largest absolute Gasteiger partial charge is 0.497 e. The second-order valence-electron chi connectivity index (χ2n) is 6.41. The summed E-state index contributed by atoms with van der Waals surface area (Å²) >= 11 is 12.0. The van der Waals surface area contributed by atoms with Gasteiger partial charge in [-0.3, -0.25) is 4.79 Å². The molecule has 3 aromatic rings. The van der Waals surface area contributed by atoms with Crippen molar-refractivity contribution in [2.75, 3.05) is 12.4 Å². The maximum absolute atomic E-state index is 12.4. The van der Waals surface area contributed by atoms with Gasteiger partial charge in [-0.15, -0.1) is 0 Å². The molecule has 6 nitrogen and oxygen atoms in total. The summed E-state index contributed by atoms with van der Waals surface area (Å²) in [6.07, 6.45) is 1.41. The Bertz CT molecular complexity index is 1210.